The van der Waals surface area contributed by atoms with Gasteiger partial charge in [0.1, 0.15) is 12.4 Å². The van der Waals surface area contributed by atoms with Crippen molar-refractivity contribution in [1.82, 2.24) is 5.32 Å². The number of rotatable bonds is 8. The molecule has 20 heavy (non-hydrogen) atoms. The molecule has 112 valence electrons. The van der Waals surface area contributed by atoms with E-state index in [2.05, 4.69) is 42.7 Å². The summed E-state index contributed by atoms with van der Waals surface area (Å²) in [5.74, 6) is 0.986. The molecule has 0 fully saturated rings. The molecule has 1 aromatic rings. The van der Waals surface area contributed by atoms with Crippen LogP contribution in [-0.2, 0) is 6.42 Å². The highest BCUT2D eigenvalue weighted by Gasteiger charge is 2.11. The van der Waals surface area contributed by atoms with Crippen molar-refractivity contribution < 1.29 is 4.74 Å². The van der Waals surface area contributed by atoms with Gasteiger partial charge in [-0.15, -0.1) is 0 Å². The smallest absolute Gasteiger partial charge is 0.142 e. The number of ether oxygens (including phenoxy) is 1. The average Bonchev–Trinajstić information content (AvgIpc) is 2.47. The van der Waals surface area contributed by atoms with Crippen LogP contribution in [0.5, 0.6) is 5.75 Å². The predicted octanol–water partition coefficient (Wildman–Crippen LogP) is 3.59. The first-order chi connectivity index (χ1) is 9.79. The summed E-state index contributed by atoms with van der Waals surface area (Å²) in [6, 6.07) is 7.02. The van der Waals surface area contributed by atoms with Crippen molar-refractivity contribution in [3.05, 3.63) is 23.8 Å². The molecule has 0 saturated heterocycles. The van der Waals surface area contributed by atoms with Gasteiger partial charge < -0.3 is 15.4 Å². The Balaban J connectivity index is 1.75. The number of anilines is 1. The molecule has 0 aromatic heterocycles. The lowest BCUT2D eigenvalue weighted by molar-refractivity contribution is 0.323. The second kappa shape index (κ2) is 8.15. The van der Waals surface area contributed by atoms with E-state index in [4.69, 9.17) is 4.74 Å². The lowest BCUT2D eigenvalue weighted by Gasteiger charge is -2.20. The molecule has 1 unspecified atom stereocenters. The highest BCUT2D eigenvalue weighted by atomic mass is 16.5. The topological polar surface area (TPSA) is 33.3 Å². The van der Waals surface area contributed by atoms with Crippen LogP contribution in [-0.4, -0.2) is 25.7 Å². The zero-order chi connectivity index (χ0) is 14.2. The Labute approximate surface area is 123 Å². The Hall–Kier alpha value is -1.22. The van der Waals surface area contributed by atoms with Crippen LogP contribution < -0.4 is 15.4 Å². The van der Waals surface area contributed by atoms with Crippen LogP contribution in [0.2, 0.25) is 0 Å². The van der Waals surface area contributed by atoms with E-state index in [0.29, 0.717) is 6.04 Å². The highest BCUT2D eigenvalue weighted by molar-refractivity contribution is 5.59. The maximum atomic E-state index is 5.61. The number of benzene rings is 1. The fraction of sp³-hybridized carbons (Fsp3) is 0.647. The van der Waals surface area contributed by atoms with Gasteiger partial charge in [0.2, 0.25) is 0 Å². The molecule has 3 nitrogen and oxygen atoms in total. The minimum Gasteiger partial charge on any atom is -0.490 e. The maximum Gasteiger partial charge on any atom is 0.142 e. The van der Waals surface area contributed by atoms with E-state index in [1.807, 2.05) is 0 Å². The summed E-state index contributed by atoms with van der Waals surface area (Å²) in [7, 11) is 0. The number of unbranched alkanes of at least 4 members (excludes halogenated alkanes) is 3. The van der Waals surface area contributed by atoms with E-state index in [-0.39, 0.29) is 0 Å². The Morgan fingerprint density at radius 2 is 2.20 bits per heavy atom. The Kier molecular flexibility index (Phi) is 6.19. The second-order valence-electron chi connectivity index (χ2n) is 5.73. The minimum atomic E-state index is 0.527. The summed E-state index contributed by atoms with van der Waals surface area (Å²) in [6.07, 6.45) is 6.36. The first-order valence-electron chi connectivity index (χ1n) is 8.02. The molecule has 0 saturated carbocycles. The van der Waals surface area contributed by atoms with Crippen LogP contribution in [0.25, 0.3) is 0 Å². The van der Waals surface area contributed by atoms with E-state index in [1.165, 1.54) is 31.2 Å². The van der Waals surface area contributed by atoms with Gasteiger partial charge in [0.15, 0.2) is 0 Å². The molecular formula is C17H28N2O. The van der Waals surface area contributed by atoms with Gasteiger partial charge in [0, 0.05) is 12.6 Å². The standard InChI is InChI=1S/C17H28N2O/c1-3-4-5-6-9-18-14(2)12-15-7-8-17-16(13-15)19-10-11-20-17/h7-8,13-14,18-19H,3-6,9-12H2,1-2H3. The van der Waals surface area contributed by atoms with Crippen LogP contribution in [0.1, 0.15) is 45.1 Å². The summed E-state index contributed by atoms with van der Waals surface area (Å²) in [5, 5.41) is 7.02. The van der Waals surface area contributed by atoms with Crippen molar-refractivity contribution in [3.8, 4) is 5.75 Å². The van der Waals surface area contributed by atoms with E-state index in [0.717, 1.165) is 37.6 Å². The van der Waals surface area contributed by atoms with Gasteiger partial charge in [-0.3, -0.25) is 0 Å². The summed E-state index contributed by atoms with van der Waals surface area (Å²) in [5.41, 5.74) is 2.51. The van der Waals surface area contributed by atoms with Gasteiger partial charge in [-0.2, -0.15) is 0 Å². The summed E-state index contributed by atoms with van der Waals surface area (Å²) in [4.78, 5) is 0. The van der Waals surface area contributed by atoms with E-state index in [1.54, 1.807) is 0 Å². The summed E-state index contributed by atoms with van der Waals surface area (Å²) >= 11 is 0. The third-order valence-corrected chi connectivity index (χ3v) is 3.78. The SMILES string of the molecule is CCCCCCNC(C)Cc1ccc2c(c1)NCCO2. The van der Waals surface area contributed by atoms with Crippen molar-refractivity contribution >= 4 is 5.69 Å². The molecule has 2 rings (SSSR count). The van der Waals surface area contributed by atoms with E-state index >= 15 is 0 Å². The average molecular weight is 276 g/mol. The summed E-state index contributed by atoms with van der Waals surface area (Å²) in [6.45, 7) is 7.32. The lowest BCUT2D eigenvalue weighted by atomic mass is 10.1. The monoisotopic (exact) mass is 276 g/mol. The van der Waals surface area contributed by atoms with Crippen LogP contribution in [0.4, 0.5) is 5.69 Å². The molecule has 1 aliphatic heterocycles. The minimum absolute atomic E-state index is 0.527. The normalized spacial score (nSPS) is 15.1. The van der Waals surface area contributed by atoms with Crippen molar-refractivity contribution in [1.29, 1.82) is 0 Å². The first-order valence-corrected chi connectivity index (χ1v) is 8.02. The molecule has 1 aromatic carbocycles. The van der Waals surface area contributed by atoms with Crippen LogP contribution in [0.3, 0.4) is 0 Å². The predicted molar refractivity (Wildman–Crippen MR) is 85.7 cm³/mol. The zero-order valence-corrected chi connectivity index (χ0v) is 12.9. The molecule has 3 heteroatoms. The summed E-state index contributed by atoms with van der Waals surface area (Å²) < 4.78 is 5.61. The Morgan fingerprint density at radius 1 is 1.30 bits per heavy atom. The number of nitrogens with one attached hydrogen (secondary N) is 2. The van der Waals surface area contributed by atoms with E-state index < -0.39 is 0 Å². The molecule has 0 aliphatic carbocycles. The van der Waals surface area contributed by atoms with Crippen LogP contribution >= 0.6 is 0 Å². The Morgan fingerprint density at radius 3 is 3.05 bits per heavy atom. The van der Waals surface area contributed by atoms with Crippen LogP contribution in [0.15, 0.2) is 18.2 Å². The molecular weight excluding hydrogens is 248 g/mol. The molecule has 1 aliphatic rings. The fourth-order valence-corrected chi connectivity index (χ4v) is 2.64. The molecule has 0 amide bonds. The second-order valence-corrected chi connectivity index (χ2v) is 5.73. The largest absolute Gasteiger partial charge is 0.490 e. The van der Waals surface area contributed by atoms with Crippen molar-refractivity contribution in [2.75, 3.05) is 25.0 Å². The third kappa shape index (κ3) is 4.71. The van der Waals surface area contributed by atoms with Crippen molar-refractivity contribution in [2.24, 2.45) is 0 Å². The zero-order valence-electron chi connectivity index (χ0n) is 12.9. The van der Waals surface area contributed by atoms with E-state index in [9.17, 15) is 0 Å². The molecule has 0 radical (unpaired) electrons. The van der Waals surface area contributed by atoms with Gasteiger partial charge in [-0.05, 0) is 44.0 Å². The Bertz CT molecular complexity index is 406. The van der Waals surface area contributed by atoms with Crippen molar-refractivity contribution in [2.45, 2.75) is 52.0 Å². The maximum absolute atomic E-state index is 5.61. The molecule has 0 bridgehead atoms. The molecule has 1 heterocycles. The number of hydrogen-bond donors (Lipinski definition) is 2. The van der Waals surface area contributed by atoms with Crippen molar-refractivity contribution in [3.63, 3.8) is 0 Å². The quantitative estimate of drug-likeness (QED) is 0.712. The fourth-order valence-electron chi connectivity index (χ4n) is 2.64. The first kappa shape index (κ1) is 15.2. The van der Waals surface area contributed by atoms with Gasteiger partial charge in [-0.1, -0.05) is 32.3 Å². The number of hydrogen-bond acceptors (Lipinski definition) is 3. The third-order valence-electron chi connectivity index (χ3n) is 3.78. The highest BCUT2D eigenvalue weighted by Crippen LogP contribution is 2.28. The van der Waals surface area contributed by atoms with Gasteiger partial charge in [0.05, 0.1) is 5.69 Å². The molecule has 2 N–H and O–H groups in total. The lowest BCUT2D eigenvalue weighted by Crippen LogP contribution is -2.29. The van der Waals surface area contributed by atoms with Gasteiger partial charge in [0.25, 0.3) is 0 Å². The molecule has 0 spiro atoms. The van der Waals surface area contributed by atoms with Gasteiger partial charge >= 0.3 is 0 Å². The number of fused-ring (bicyclic) bond motifs is 1. The molecule has 1 atom stereocenters. The van der Waals surface area contributed by atoms with Crippen LogP contribution in [0, 0.1) is 0 Å². The van der Waals surface area contributed by atoms with Gasteiger partial charge in [-0.25, -0.2) is 0 Å².